The average Bonchev–Trinajstić information content (AvgIpc) is 3.41. The first-order valence-corrected chi connectivity index (χ1v) is 10.1. The van der Waals surface area contributed by atoms with E-state index in [1.807, 2.05) is 12.1 Å². The second-order valence-electron chi connectivity index (χ2n) is 8.04. The standard InChI is InChI=1S/C24H29N3O/c1-16(2)19-8-11-22(12-9-19)27-18(4)24(17(3)26-27)20-7-10-21(14-20)25-15-23-6-5-13-28-23/h5-13,16,20-21,25H,14-15H2,1-4H3/t20-,21-/m1/s1. The molecule has 0 saturated carbocycles. The van der Waals surface area contributed by atoms with Crippen LogP contribution < -0.4 is 5.32 Å². The molecule has 0 amide bonds. The maximum atomic E-state index is 5.42. The summed E-state index contributed by atoms with van der Waals surface area (Å²) in [6.45, 7) is 9.51. The second kappa shape index (κ2) is 7.80. The van der Waals surface area contributed by atoms with Crippen LogP contribution in [0.5, 0.6) is 0 Å². The SMILES string of the molecule is Cc1nn(-c2ccc(C(C)C)cc2)c(C)c1[C@@H]1C=C[C@@H](NCc2ccco2)C1. The number of nitrogens with zero attached hydrogens (tertiary/aromatic N) is 2. The lowest BCUT2D eigenvalue weighted by Gasteiger charge is -2.14. The minimum Gasteiger partial charge on any atom is -0.468 e. The van der Waals surface area contributed by atoms with Crippen molar-refractivity contribution in [3.8, 4) is 5.69 Å². The van der Waals surface area contributed by atoms with Crippen molar-refractivity contribution < 1.29 is 4.42 Å². The summed E-state index contributed by atoms with van der Waals surface area (Å²) in [4.78, 5) is 0. The first-order chi connectivity index (χ1) is 13.5. The van der Waals surface area contributed by atoms with E-state index in [0.717, 1.165) is 30.1 Å². The van der Waals surface area contributed by atoms with Gasteiger partial charge in [-0.25, -0.2) is 4.68 Å². The van der Waals surface area contributed by atoms with E-state index in [2.05, 4.69) is 74.1 Å². The lowest BCUT2D eigenvalue weighted by atomic mass is 9.96. The van der Waals surface area contributed by atoms with E-state index in [1.165, 1.54) is 16.8 Å². The summed E-state index contributed by atoms with van der Waals surface area (Å²) in [5.41, 5.74) is 6.19. The Hall–Kier alpha value is -2.59. The molecular weight excluding hydrogens is 346 g/mol. The molecule has 1 aromatic carbocycles. The molecule has 28 heavy (non-hydrogen) atoms. The summed E-state index contributed by atoms with van der Waals surface area (Å²) in [6, 6.07) is 13.1. The molecule has 0 fully saturated rings. The van der Waals surface area contributed by atoms with Gasteiger partial charge in [0, 0.05) is 23.2 Å². The lowest BCUT2D eigenvalue weighted by Crippen LogP contribution is -2.25. The van der Waals surface area contributed by atoms with Gasteiger partial charge in [0.25, 0.3) is 0 Å². The van der Waals surface area contributed by atoms with Crippen LogP contribution in [0.4, 0.5) is 0 Å². The van der Waals surface area contributed by atoms with Crippen LogP contribution in [0.2, 0.25) is 0 Å². The van der Waals surface area contributed by atoms with Crippen LogP contribution in [0.1, 0.15) is 60.4 Å². The van der Waals surface area contributed by atoms with Crippen molar-refractivity contribution in [3.05, 3.63) is 83.1 Å². The van der Waals surface area contributed by atoms with Gasteiger partial charge in [0.1, 0.15) is 5.76 Å². The molecule has 4 nitrogen and oxygen atoms in total. The van der Waals surface area contributed by atoms with Crippen molar-refractivity contribution in [2.24, 2.45) is 0 Å². The molecule has 2 atom stereocenters. The third-order valence-electron chi connectivity index (χ3n) is 5.72. The van der Waals surface area contributed by atoms with E-state index in [0.29, 0.717) is 17.9 Å². The van der Waals surface area contributed by atoms with Crippen LogP contribution in [-0.2, 0) is 6.54 Å². The van der Waals surface area contributed by atoms with Gasteiger partial charge in [-0.3, -0.25) is 0 Å². The van der Waals surface area contributed by atoms with Crippen LogP contribution in [0.3, 0.4) is 0 Å². The summed E-state index contributed by atoms with van der Waals surface area (Å²) in [5.74, 6) is 1.92. The number of aryl methyl sites for hydroxylation is 1. The number of rotatable bonds is 6. The van der Waals surface area contributed by atoms with E-state index >= 15 is 0 Å². The van der Waals surface area contributed by atoms with Crippen LogP contribution >= 0.6 is 0 Å². The van der Waals surface area contributed by atoms with Gasteiger partial charge in [-0.1, -0.05) is 38.1 Å². The van der Waals surface area contributed by atoms with Crippen LogP contribution in [0, 0.1) is 13.8 Å². The first-order valence-electron chi connectivity index (χ1n) is 10.1. The molecule has 1 aliphatic rings. The lowest BCUT2D eigenvalue weighted by molar-refractivity contribution is 0.461. The molecule has 1 N–H and O–H groups in total. The third kappa shape index (κ3) is 3.69. The fourth-order valence-corrected chi connectivity index (χ4v) is 4.15. The molecule has 0 radical (unpaired) electrons. The van der Waals surface area contributed by atoms with Crippen LogP contribution in [0.15, 0.2) is 59.2 Å². The number of hydrogen-bond donors (Lipinski definition) is 1. The quantitative estimate of drug-likeness (QED) is 0.586. The van der Waals surface area contributed by atoms with Gasteiger partial charge in [0.2, 0.25) is 0 Å². The summed E-state index contributed by atoms with van der Waals surface area (Å²) in [5, 5.41) is 8.43. The van der Waals surface area contributed by atoms with E-state index in [4.69, 9.17) is 9.52 Å². The predicted octanol–water partition coefficient (Wildman–Crippen LogP) is 5.41. The van der Waals surface area contributed by atoms with Crippen LogP contribution in [-0.4, -0.2) is 15.8 Å². The van der Waals surface area contributed by atoms with Gasteiger partial charge < -0.3 is 9.73 Å². The number of nitrogens with one attached hydrogen (secondary N) is 1. The maximum absolute atomic E-state index is 5.42. The highest BCUT2D eigenvalue weighted by atomic mass is 16.3. The third-order valence-corrected chi connectivity index (χ3v) is 5.72. The van der Waals surface area contributed by atoms with E-state index in [-0.39, 0.29) is 0 Å². The zero-order valence-corrected chi connectivity index (χ0v) is 17.1. The maximum Gasteiger partial charge on any atom is 0.117 e. The molecule has 1 aliphatic carbocycles. The highest BCUT2D eigenvalue weighted by Gasteiger charge is 2.26. The second-order valence-corrected chi connectivity index (χ2v) is 8.04. The van der Waals surface area contributed by atoms with Crippen molar-refractivity contribution in [2.45, 2.75) is 58.5 Å². The number of hydrogen-bond acceptors (Lipinski definition) is 3. The largest absolute Gasteiger partial charge is 0.468 e. The highest BCUT2D eigenvalue weighted by Crippen LogP contribution is 2.34. The molecular formula is C24H29N3O. The summed E-state index contributed by atoms with van der Waals surface area (Å²) in [7, 11) is 0. The Labute approximate surface area is 167 Å². The fourth-order valence-electron chi connectivity index (χ4n) is 4.15. The minimum absolute atomic E-state index is 0.363. The smallest absolute Gasteiger partial charge is 0.117 e. The van der Waals surface area contributed by atoms with Crippen molar-refractivity contribution in [1.82, 2.24) is 15.1 Å². The van der Waals surface area contributed by atoms with E-state index in [9.17, 15) is 0 Å². The molecule has 2 heterocycles. The predicted molar refractivity (Wildman–Crippen MR) is 113 cm³/mol. The minimum atomic E-state index is 0.363. The Bertz CT molecular complexity index is 949. The molecule has 0 aliphatic heterocycles. The first kappa shape index (κ1) is 18.8. The molecule has 146 valence electrons. The number of allylic oxidation sites excluding steroid dienone is 1. The average molecular weight is 376 g/mol. The van der Waals surface area contributed by atoms with E-state index < -0.39 is 0 Å². The highest BCUT2D eigenvalue weighted by molar-refractivity contribution is 5.42. The summed E-state index contributed by atoms with van der Waals surface area (Å²) < 4.78 is 7.51. The van der Waals surface area contributed by atoms with Gasteiger partial charge in [-0.05, 0) is 56.0 Å². The van der Waals surface area contributed by atoms with Crippen LogP contribution in [0.25, 0.3) is 5.69 Å². The van der Waals surface area contributed by atoms with Gasteiger partial charge in [-0.2, -0.15) is 5.10 Å². The number of benzene rings is 1. The molecule has 4 rings (SSSR count). The zero-order valence-electron chi connectivity index (χ0n) is 17.1. The zero-order chi connectivity index (χ0) is 19.7. The molecule has 0 bridgehead atoms. The topological polar surface area (TPSA) is 43.0 Å². The molecule has 3 aromatic rings. The molecule has 0 saturated heterocycles. The Morgan fingerprint density at radius 3 is 2.61 bits per heavy atom. The van der Waals surface area contributed by atoms with Gasteiger partial charge in [0.05, 0.1) is 24.2 Å². The number of aromatic nitrogens is 2. The normalized spacial score (nSPS) is 19.0. The van der Waals surface area contributed by atoms with Crippen molar-refractivity contribution in [2.75, 3.05) is 0 Å². The fraction of sp³-hybridized carbons (Fsp3) is 0.375. The molecule has 2 aromatic heterocycles. The summed E-state index contributed by atoms with van der Waals surface area (Å²) >= 11 is 0. The Balaban J connectivity index is 1.49. The van der Waals surface area contributed by atoms with Gasteiger partial charge >= 0.3 is 0 Å². The summed E-state index contributed by atoms with van der Waals surface area (Å²) in [6.07, 6.45) is 7.38. The van der Waals surface area contributed by atoms with Gasteiger partial charge in [-0.15, -0.1) is 0 Å². The Morgan fingerprint density at radius 2 is 1.93 bits per heavy atom. The number of furan rings is 1. The van der Waals surface area contributed by atoms with Crippen molar-refractivity contribution >= 4 is 0 Å². The van der Waals surface area contributed by atoms with Crippen molar-refractivity contribution in [1.29, 1.82) is 0 Å². The molecule has 0 spiro atoms. The van der Waals surface area contributed by atoms with Crippen molar-refractivity contribution in [3.63, 3.8) is 0 Å². The molecule has 0 unspecified atom stereocenters. The van der Waals surface area contributed by atoms with Gasteiger partial charge in [0.15, 0.2) is 0 Å². The molecule has 4 heteroatoms. The Kier molecular flexibility index (Phi) is 5.23. The van der Waals surface area contributed by atoms with E-state index in [1.54, 1.807) is 6.26 Å². The monoisotopic (exact) mass is 375 g/mol. The Morgan fingerprint density at radius 1 is 1.14 bits per heavy atom.